The molecule has 15 heavy (non-hydrogen) atoms. The normalized spacial score (nSPS) is 12.5. The van der Waals surface area contributed by atoms with Crippen molar-refractivity contribution in [3.05, 3.63) is 17.5 Å². The van der Waals surface area contributed by atoms with Gasteiger partial charge in [-0.1, -0.05) is 6.92 Å². The fraction of sp³-hybridized carbons (Fsp3) is 0.636. The fourth-order valence-electron chi connectivity index (χ4n) is 1.39. The molecule has 84 valence electrons. The molecule has 0 radical (unpaired) electrons. The molecule has 0 unspecified atom stereocenters. The Morgan fingerprint density at radius 1 is 1.60 bits per heavy atom. The van der Waals surface area contributed by atoms with Crippen molar-refractivity contribution in [2.24, 2.45) is 0 Å². The highest BCUT2D eigenvalue weighted by molar-refractivity contribution is 5.75. The van der Waals surface area contributed by atoms with Crippen molar-refractivity contribution in [1.82, 2.24) is 15.1 Å². The highest BCUT2D eigenvalue weighted by atomic mass is 16.2. The van der Waals surface area contributed by atoms with Crippen LogP contribution in [0.15, 0.2) is 6.07 Å². The number of amides is 1. The third-order valence-corrected chi connectivity index (χ3v) is 2.42. The molecule has 4 nitrogen and oxygen atoms in total. The summed E-state index contributed by atoms with van der Waals surface area (Å²) in [6.45, 7) is 8.24. The lowest BCUT2D eigenvalue weighted by molar-refractivity contribution is -0.122. The molecule has 0 saturated heterocycles. The minimum atomic E-state index is 0.0237. The van der Waals surface area contributed by atoms with Crippen LogP contribution in [0.25, 0.3) is 0 Å². The Labute approximate surface area is 90.7 Å². The van der Waals surface area contributed by atoms with Crippen LogP contribution >= 0.6 is 0 Å². The predicted octanol–water partition coefficient (Wildman–Crippen LogP) is 1.41. The summed E-state index contributed by atoms with van der Waals surface area (Å²) in [5.41, 5.74) is 1.97. The Kier molecular flexibility index (Phi) is 3.88. The average Bonchev–Trinajstić information content (AvgIpc) is 2.44. The standard InChI is InChI=1S/C11H19N3O/c1-5-8(2)12-11(15)7-14-10(4)6-9(3)13-14/h6,8H,5,7H2,1-4H3,(H,12,15)/t8-/m0/s1. The summed E-state index contributed by atoms with van der Waals surface area (Å²) in [7, 11) is 0. The van der Waals surface area contributed by atoms with Gasteiger partial charge in [-0.05, 0) is 33.3 Å². The Balaban J connectivity index is 2.55. The van der Waals surface area contributed by atoms with Crippen LogP contribution in [0.1, 0.15) is 31.7 Å². The van der Waals surface area contributed by atoms with E-state index in [9.17, 15) is 4.79 Å². The molecule has 1 aromatic rings. The first-order chi connectivity index (χ1) is 7.02. The summed E-state index contributed by atoms with van der Waals surface area (Å²) in [6, 6.07) is 2.20. The van der Waals surface area contributed by atoms with Crippen molar-refractivity contribution in [3.63, 3.8) is 0 Å². The molecule has 1 atom stereocenters. The molecule has 0 bridgehead atoms. The summed E-state index contributed by atoms with van der Waals surface area (Å²) in [6.07, 6.45) is 0.947. The zero-order valence-electron chi connectivity index (χ0n) is 9.87. The zero-order valence-corrected chi connectivity index (χ0v) is 9.87. The van der Waals surface area contributed by atoms with Crippen molar-refractivity contribution in [3.8, 4) is 0 Å². The number of carbonyl (C=O) groups excluding carboxylic acids is 1. The zero-order chi connectivity index (χ0) is 11.4. The molecule has 0 fully saturated rings. The van der Waals surface area contributed by atoms with E-state index in [1.165, 1.54) is 0 Å². The molecule has 4 heteroatoms. The van der Waals surface area contributed by atoms with E-state index in [0.29, 0.717) is 6.54 Å². The molecule has 0 spiro atoms. The van der Waals surface area contributed by atoms with E-state index in [4.69, 9.17) is 0 Å². The lowest BCUT2D eigenvalue weighted by Crippen LogP contribution is -2.35. The quantitative estimate of drug-likeness (QED) is 0.815. The lowest BCUT2D eigenvalue weighted by atomic mass is 10.2. The summed E-state index contributed by atoms with van der Waals surface area (Å²) in [5, 5.41) is 7.15. The second kappa shape index (κ2) is 4.96. The van der Waals surface area contributed by atoms with E-state index >= 15 is 0 Å². The second-order valence-corrected chi connectivity index (χ2v) is 3.96. The molecule has 0 saturated carbocycles. The number of rotatable bonds is 4. The molecule has 1 heterocycles. The van der Waals surface area contributed by atoms with Gasteiger partial charge in [0.25, 0.3) is 0 Å². The van der Waals surface area contributed by atoms with Crippen LogP contribution in [0.2, 0.25) is 0 Å². The molecule has 1 aromatic heterocycles. The largest absolute Gasteiger partial charge is 0.352 e. The molecular weight excluding hydrogens is 190 g/mol. The summed E-state index contributed by atoms with van der Waals surface area (Å²) < 4.78 is 1.73. The van der Waals surface area contributed by atoms with Crippen molar-refractivity contribution in [2.75, 3.05) is 0 Å². The Morgan fingerprint density at radius 2 is 2.27 bits per heavy atom. The second-order valence-electron chi connectivity index (χ2n) is 3.96. The summed E-state index contributed by atoms with van der Waals surface area (Å²) >= 11 is 0. The first-order valence-electron chi connectivity index (χ1n) is 5.33. The van der Waals surface area contributed by atoms with Crippen molar-refractivity contribution < 1.29 is 4.79 Å². The van der Waals surface area contributed by atoms with Gasteiger partial charge in [-0.15, -0.1) is 0 Å². The molecule has 1 amide bonds. The van der Waals surface area contributed by atoms with Gasteiger partial charge >= 0.3 is 0 Å². The summed E-state index contributed by atoms with van der Waals surface area (Å²) in [5.74, 6) is 0.0237. The van der Waals surface area contributed by atoms with Crippen molar-refractivity contribution in [1.29, 1.82) is 0 Å². The van der Waals surface area contributed by atoms with Gasteiger partial charge in [-0.3, -0.25) is 9.48 Å². The maximum atomic E-state index is 11.6. The molecule has 1 rings (SSSR count). The van der Waals surface area contributed by atoms with Gasteiger partial charge in [0.15, 0.2) is 0 Å². The van der Waals surface area contributed by atoms with E-state index < -0.39 is 0 Å². The Morgan fingerprint density at radius 3 is 2.73 bits per heavy atom. The number of carbonyl (C=O) groups is 1. The lowest BCUT2D eigenvalue weighted by Gasteiger charge is -2.11. The SMILES string of the molecule is CC[C@H](C)NC(=O)Cn1nc(C)cc1C. The van der Waals surface area contributed by atoms with Crippen LogP contribution in [-0.4, -0.2) is 21.7 Å². The number of aromatic nitrogens is 2. The average molecular weight is 209 g/mol. The Bertz CT molecular complexity index is 344. The minimum absolute atomic E-state index is 0.0237. The van der Waals surface area contributed by atoms with E-state index in [2.05, 4.69) is 10.4 Å². The smallest absolute Gasteiger partial charge is 0.241 e. The first kappa shape index (κ1) is 11.8. The van der Waals surface area contributed by atoms with Gasteiger partial charge in [0.2, 0.25) is 5.91 Å². The number of hydrogen-bond donors (Lipinski definition) is 1. The number of hydrogen-bond acceptors (Lipinski definition) is 2. The monoisotopic (exact) mass is 209 g/mol. The van der Waals surface area contributed by atoms with Crippen LogP contribution in [0, 0.1) is 13.8 Å². The first-order valence-corrected chi connectivity index (χ1v) is 5.33. The molecule has 0 aliphatic carbocycles. The molecule has 0 aliphatic heterocycles. The summed E-state index contributed by atoms with van der Waals surface area (Å²) in [4.78, 5) is 11.6. The topological polar surface area (TPSA) is 46.9 Å². The molecule has 1 N–H and O–H groups in total. The van der Waals surface area contributed by atoms with E-state index in [-0.39, 0.29) is 11.9 Å². The van der Waals surface area contributed by atoms with Crippen LogP contribution in [0.5, 0.6) is 0 Å². The van der Waals surface area contributed by atoms with Gasteiger partial charge in [0, 0.05) is 11.7 Å². The van der Waals surface area contributed by atoms with Crippen LogP contribution in [0.4, 0.5) is 0 Å². The van der Waals surface area contributed by atoms with E-state index in [1.54, 1.807) is 4.68 Å². The fourth-order valence-corrected chi connectivity index (χ4v) is 1.39. The molecular formula is C11H19N3O. The van der Waals surface area contributed by atoms with Gasteiger partial charge in [0.05, 0.1) is 5.69 Å². The van der Waals surface area contributed by atoms with Crippen molar-refractivity contribution >= 4 is 5.91 Å². The van der Waals surface area contributed by atoms with Gasteiger partial charge in [-0.2, -0.15) is 5.10 Å². The predicted molar refractivity (Wildman–Crippen MR) is 59.6 cm³/mol. The van der Waals surface area contributed by atoms with Crippen LogP contribution in [-0.2, 0) is 11.3 Å². The highest BCUT2D eigenvalue weighted by Gasteiger charge is 2.08. The third kappa shape index (κ3) is 3.38. The number of nitrogens with one attached hydrogen (secondary N) is 1. The Hall–Kier alpha value is -1.32. The maximum absolute atomic E-state index is 11.6. The third-order valence-electron chi connectivity index (χ3n) is 2.42. The minimum Gasteiger partial charge on any atom is -0.352 e. The maximum Gasteiger partial charge on any atom is 0.241 e. The van der Waals surface area contributed by atoms with Crippen molar-refractivity contribution in [2.45, 2.75) is 46.7 Å². The van der Waals surface area contributed by atoms with E-state index in [1.807, 2.05) is 33.8 Å². The van der Waals surface area contributed by atoms with Gasteiger partial charge in [0.1, 0.15) is 6.54 Å². The van der Waals surface area contributed by atoms with Gasteiger partial charge < -0.3 is 5.32 Å². The van der Waals surface area contributed by atoms with Crippen LogP contribution in [0.3, 0.4) is 0 Å². The highest BCUT2D eigenvalue weighted by Crippen LogP contribution is 2.01. The van der Waals surface area contributed by atoms with Gasteiger partial charge in [-0.25, -0.2) is 0 Å². The van der Waals surface area contributed by atoms with E-state index in [0.717, 1.165) is 17.8 Å². The number of aryl methyl sites for hydroxylation is 2. The molecule has 0 aromatic carbocycles. The van der Waals surface area contributed by atoms with Crippen LogP contribution < -0.4 is 5.32 Å². The number of nitrogens with zero attached hydrogens (tertiary/aromatic N) is 2. The molecule has 0 aliphatic rings.